The third-order valence-corrected chi connectivity index (χ3v) is 4.04. The van der Waals surface area contributed by atoms with Crippen molar-refractivity contribution in [2.24, 2.45) is 5.92 Å². The Bertz CT molecular complexity index is 283. The summed E-state index contributed by atoms with van der Waals surface area (Å²) in [5.41, 5.74) is -0.201. The van der Waals surface area contributed by atoms with Gasteiger partial charge < -0.3 is 14.2 Å². The second kappa shape index (κ2) is 6.18. The molecule has 3 nitrogen and oxygen atoms in total. The molecule has 2 heterocycles. The molecule has 0 aromatic heterocycles. The molecular weight excluding hydrogens is 228 g/mol. The fraction of sp³-hybridized carbons (Fsp3) is 0.867. The van der Waals surface area contributed by atoms with Gasteiger partial charge in [-0.05, 0) is 12.8 Å². The first-order chi connectivity index (χ1) is 8.74. The lowest BCUT2D eigenvalue weighted by atomic mass is 9.85. The van der Waals surface area contributed by atoms with Crippen LogP contribution < -0.4 is 0 Å². The minimum Gasteiger partial charge on any atom is -0.378 e. The maximum atomic E-state index is 5.91. The Kier molecular flexibility index (Phi) is 4.82. The molecule has 2 fully saturated rings. The molecule has 3 heteroatoms. The van der Waals surface area contributed by atoms with Crippen molar-refractivity contribution in [2.75, 3.05) is 20.3 Å². The number of hydrogen-bond donors (Lipinski definition) is 0. The van der Waals surface area contributed by atoms with Gasteiger partial charge in [0.05, 0.1) is 19.3 Å². The van der Waals surface area contributed by atoms with Crippen molar-refractivity contribution in [3.05, 3.63) is 12.2 Å². The number of ether oxygens (including phenoxy) is 3. The summed E-state index contributed by atoms with van der Waals surface area (Å²) in [6, 6.07) is 0. The molecule has 0 saturated carbocycles. The van der Waals surface area contributed by atoms with Crippen LogP contribution in [0, 0.1) is 5.92 Å². The number of hydrogen-bond acceptors (Lipinski definition) is 3. The van der Waals surface area contributed by atoms with Crippen molar-refractivity contribution in [2.45, 2.75) is 57.3 Å². The number of allylic oxidation sites excluding steroid dienone is 1. The van der Waals surface area contributed by atoms with Gasteiger partial charge in [-0.3, -0.25) is 0 Å². The van der Waals surface area contributed by atoms with E-state index in [0.717, 1.165) is 19.6 Å². The first kappa shape index (κ1) is 14.0. The highest BCUT2D eigenvalue weighted by molar-refractivity contribution is 5.15. The van der Waals surface area contributed by atoms with E-state index in [4.69, 9.17) is 14.2 Å². The Morgan fingerprint density at radius 1 is 1.39 bits per heavy atom. The fourth-order valence-corrected chi connectivity index (χ4v) is 2.92. The van der Waals surface area contributed by atoms with Crippen LogP contribution in [0.4, 0.5) is 0 Å². The molecule has 0 amide bonds. The smallest absolute Gasteiger partial charge is 0.147 e. The molecule has 0 N–H and O–H groups in total. The predicted octanol–water partition coefficient (Wildman–Crippen LogP) is 2.94. The van der Waals surface area contributed by atoms with Gasteiger partial charge in [0.2, 0.25) is 0 Å². The second-order valence-corrected chi connectivity index (χ2v) is 5.56. The minimum atomic E-state index is -0.201. The van der Waals surface area contributed by atoms with E-state index in [9.17, 15) is 0 Å². The Morgan fingerprint density at radius 2 is 2.17 bits per heavy atom. The zero-order valence-electron chi connectivity index (χ0n) is 11.9. The quantitative estimate of drug-likeness (QED) is 0.415. The standard InChI is InChI=1S/C15H26O3/c1-4-5-6-7-8-9-13-15(11-18-15)14(16-3)12(2)10-17-13/h8-9,12-14H,4-7,10-11H2,1-3H3/t12-,13-,14-,15-/m0/s1. The van der Waals surface area contributed by atoms with Crippen molar-refractivity contribution >= 4 is 0 Å². The van der Waals surface area contributed by atoms with Gasteiger partial charge in [0.1, 0.15) is 11.7 Å². The SMILES string of the molecule is CCCCCC=C[C@@H]1OC[C@H](C)[C@H](OC)[C@]12CO2. The molecule has 0 aliphatic carbocycles. The number of unbranched alkanes of at least 4 members (excludes halogenated alkanes) is 3. The normalized spacial score (nSPS) is 39.6. The molecule has 104 valence electrons. The van der Waals surface area contributed by atoms with Crippen LogP contribution in [0.5, 0.6) is 0 Å². The molecule has 0 bridgehead atoms. The van der Waals surface area contributed by atoms with Crippen LogP contribution in [0.1, 0.15) is 39.5 Å². The molecule has 1 spiro atoms. The molecule has 2 aliphatic heterocycles. The van der Waals surface area contributed by atoms with Crippen LogP contribution in [0.3, 0.4) is 0 Å². The predicted molar refractivity (Wildman–Crippen MR) is 71.7 cm³/mol. The van der Waals surface area contributed by atoms with Gasteiger partial charge >= 0.3 is 0 Å². The molecule has 2 aliphatic rings. The molecule has 4 atom stereocenters. The molecule has 0 aromatic carbocycles. The molecular formula is C15H26O3. The Morgan fingerprint density at radius 3 is 2.78 bits per heavy atom. The maximum Gasteiger partial charge on any atom is 0.147 e. The lowest BCUT2D eigenvalue weighted by Gasteiger charge is -2.38. The van der Waals surface area contributed by atoms with Gasteiger partial charge in [0, 0.05) is 13.0 Å². The van der Waals surface area contributed by atoms with E-state index in [2.05, 4.69) is 26.0 Å². The van der Waals surface area contributed by atoms with Gasteiger partial charge in [-0.2, -0.15) is 0 Å². The van der Waals surface area contributed by atoms with Crippen molar-refractivity contribution in [1.29, 1.82) is 0 Å². The summed E-state index contributed by atoms with van der Waals surface area (Å²) in [7, 11) is 1.78. The van der Waals surface area contributed by atoms with Crippen LogP contribution in [0.15, 0.2) is 12.2 Å². The molecule has 0 radical (unpaired) electrons. The number of rotatable bonds is 6. The topological polar surface area (TPSA) is 31.0 Å². The largest absolute Gasteiger partial charge is 0.378 e. The molecule has 0 aromatic rings. The molecule has 2 saturated heterocycles. The van der Waals surface area contributed by atoms with Gasteiger partial charge in [-0.1, -0.05) is 38.8 Å². The maximum absolute atomic E-state index is 5.91. The lowest BCUT2D eigenvalue weighted by molar-refractivity contribution is -0.131. The second-order valence-electron chi connectivity index (χ2n) is 5.56. The Hall–Kier alpha value is -0.380. The highest BCUT2D eigenvalue weighted by Gasteiger charge is 2.61. The van der Waals surface area contributed by atoms with Gasteiger partial charge in [0.15, 0.2) is 0 Å². The summed E-state index contributed by atoms with van der Waals surface area (Å²) in [5, 5.41) is 0. The van der Waals surface area contributed by atoms with Crippen molar-refractivity contribution < 1.29 is 14.2 Å². The first-order valence-corrected chi connectivity index (χ1v) is 7.19. The molecule has 18 heavy (non-hydrogen) atoms. The number of methoxy groups -OCH3 is 1. The third-order valence-electron chi connectivity index (χ3n) is 4.04. The van der Waals surface area contributed by atoms with Crippen LogP contribution >= 0.6 is 0 Å². The first-order valence-electron chi connectivity index (χ1n) is 7.19. The molecule has 2 rings (SSSR count). The molecule has 0 unspecified atom stereocenters. The summed E-state index contributed by atoms with van der Waals surface area (Å²) in [6.07, 6.45) is 9.62. The van der Waals surface area contributed by atoms with Crippen LogP contribution in [0.25, 0.3) is 0 Å². The number of epoxide rings is 1. The van der Waals surface area contributed by atoms with Crippen LogP contribution in [0.2, 0.25) is 0 Å². The highest BCUT2D eigenvalue weighted by atomic mass is 16.7. The van der Waals surface area contributed by atoms with Crippen molar-refractivity contribution in [3.63, 3.8) is 0 Å². The Labute approximate surface area is 110 Å². The minimum absolute atomic E-state index is 0.0697. The zero-order valence-corrected chi connectivity index (χ0v) is 11.9. The fourth-order valence-electron chi connectivity index (χ4n) is 2.92. The Balaban J connectivity index is 1.89. The van der Waals surface area contributed by atoms with E-state index >= 15 is 0 Å². The van der Waals surface area contributed by atoms with Crippen LogP contribution in [-0.2, 0) is 14.2 Å². The summed E-state index contributed by atoms with van der Waals surface area (Å²) in [5.74, 6) is 0.405. The van der Waals surface area contributed by atoms with E-state index in [1.165, 1.54) is 19.3 Å². The van der Waals surface area contributed by atoms with E-state index in [1.807, 2.05) is 0 Å². The van der Waals surface area contributed by atoms with E-state index in [1.54, 1.807) is 7.11 Å². The monoisotopic (exact) mass is 254 g/mol. The van der Waals surface area contributed by atoms with E-state index in [-0.39, 0.29) is 17.8 Å². The summed E-state index contributed by atoms with van der Waals surface area (Å²) in [4.78, 5) is 0. The van der Waals surface area contributed by atoms with E-state index in [0.29, 0.717) is 5.92 Å². The van der Waals surface area contributed by atoms with E-state index < -0.39 is 0 Å². The van der Waals surface area contributed by atoms with Crippen LogP contribution in [-0.4, -0.2) is 38.1 Å². The average Bonchev–Trinajstić information content (AvgIpc) is 3.13. The van der Waals surface area contributed by atoms with Crippen molar-refractivity contribution in [1.82, 2.24) is 0 Å². The van der Waals surface area contributed by atoms with Crippen molar-refractivity contribution in [3.8, 4) is 0 Å². The highest BCUT2D eigenvalue weighted by Crippen LogP contribution is 2.44. The third kappa shape index (κ3) is 2.79. The lowest BCUT2D eigenvalue weighted by Crippen LogP contribution is -2.52. The van der Waals surface area contributed by atoms with Gasteiger partial charge in [0.25, 0.3) is 0 Å². The van der Waals surface area contributed by atoms with Gasteiger partial charge in [-0.25, -0.2) is 0 Å². The summed E-state index contributed by atoms with van der Waals surface area (Å²) in [6.45, 7) is 5.91. The average molecular weight is 254 g/mol. The van der Waals surface area contributed by atoms with Gasteiger partial charge in [-0.15, -0.1) is 0 Å². The summed E-state index contributed by atoms with van der Waals surface area (Å²) < 4.78 is 17.2. The summed E-state index contributed by atoms with van der Waals surface area (Å²) >= 11 is 0. The zero-order chi connectivity index (χ0) is 13.0.